The molecule has 0 aromatic heterocycles. The summed E-state index contributed by atoms with van der Waals surface area (Å²) in [6, 6.07) is 14.0. The maximum Gasteiger partial charge on any atom is 0.250 e. The highest BCUT2D eigenvalue weighted by molar-refractivity contribution is 9.10. The van der Waals surface area contributed by atoms with Crippen LogP contribution >= 0.6 is 27.5 Å². The number of Topliss-reactive ketones (excluding diaryl/α,β-unsaturated/α-hetero) is 1. The van der Waals surface area contributed by atoms with E-state index in [4.69, 9.17) is 11.6 Å². The Morgan fingerprint density at radius 2 is 1.77 bits per heavy atom. The first-order chi connectivity index (χ1) is 20.5. The number of aliphatic hydroxyl groups excluding tert-OH is 1. The minimum atomic E-state index is -1.10. The van der Waals surface area contributed by atoms with E-state index in [0.717, 1.165) is 59.8 Å². The number of likely N-dealkylation sites (N-methyl/N-ethyl adjacent to an activating group) is 1. The zero-order chi connectivity index (χ0) is 30.1. The van der Waals surface area contributed by atoms with E-state index in [2.05, 4.69) is 64.3 Å². The molecule has 1 saturated heterocycles. The quantitative estimate of drug-likeness (QED) is 0.311. The van der Waals surface area contributed by atoms with Crippen LogP contribution in [0.5, 0.6) is 0 Å². The van der Waals surface area contributed by atoms with Crippen molar-refractivity contribution in [2.24, 2.45) is 34.0 Å². The van der Waals surface area contributed by atoms with Gasteiger partial charge in [-0.3, -0.25) is 14.5 Å². The minimum Gasteiger partial charge on any atom is -0.393 e. The molecular formula is C36H40BrClN2O3. The average molecular weight is 664 g/mol. The molecule has 6 aliphatic rings. The Kier molecular flexibility index (Phi) is 6.15. The van der Waals surface area contributed by atoms with Crippen LogP contribution in [0.2, 0.25) is 5.02 Å². The van der Waals surface area contributed by atoms with Gasteiger partial charge in [-0.15, -0.1) is 0 Å². The van der Waals surface area contributed by atoms with Gasteiger partial charge in [-0.25, -0.2) is 0 Å². The second-order valence-corrected chi connectivity index (χ2v) is 16.3. The van der Waals surface area contributed by atoms with Crippen LogP contribution in [-0.4, -0.2) is 41.4 Å². The van der Waals surface area contributed by atoms with Crippen molar-refractivity contribution in [3.05, 3.63) is 74.7 Å². The number of likely N-dealkylation sites (tertiary alicyclic amines) is 1. The molecule has 2 heterocycles. The summed E-state index contributed by atoms with van der Waals surface area (Å²) in [6.07, 6.45) is 8.34. The van der Waals surface area contributed by atoms with Gasteiger partial charge in [0, 0.05) is 38.6 Å². The second kappa shape index (κ2) is 9.28. The number of carbonyl (C=O) groups excluding carboxylic acids is 2. The predicted octanol–water partition coefficient (Wildman–Crippen LogP) is 7.47. The molecule has 226 valence electrons. The summed E-state index contributed by atoms with van der Waals surface area (Å²) in [7, 11) is 2.04. The monoisotopic (exact) mass is 662 g/mol. The highest BCUT2D eigenvalue weighted by Gasteiger charge is 2.80. The lowest BCUT2D eigenvalue weighted by molar-refractivity contribution is -0.148. The molecule has 4 fully saturated rings. The first kappa shape index (κ1) is 28.5. The topological polar surface area (TPSA) is 69.6 Å². The van der Waals surface area contributed by atoms with Crippen LogP contribution in [0.3, 0.4) is 0 Å². The molecule has 2 N–H and O–H groups in total. The van der Waals surface area contributed by atoms with E-state index in [1.807, 2.05) is 31.3 Å². The Hall–Kier alpha value is -1.99. The molecule has 4 aliphatic carbocycles. The fourth-order valence-corrected chi connectivity index (χ4v) is 12.0. The number of anilines is 1. The lowest BCUT2D eigenvalue weighted by atomic mass is 9.48. The van der Waals surface area contributed by atoms with Crippen LogP contribution in [0.1, 0.15) is 75.8 Å². The zero-order valence-electron chi connectivity index (χ0n) is 25.1. The summed E-state index contributed by atoms with van der Waals surface area (Å²) in [6.45, 7) is 5.27. The number of fused-ring (bicyclic) bond motifs is 8. The molecule has 7 heteroatoms. The number of hydrogen-bond acceptors (Lipinski definition) is 4. The van der Waals surface area contributed by atoms with Crippen LogP contribution in [0.15, 0.2) is 58.6 Å². The van der Waals surface area contributed by atoms with Crippen LogP contribution in [0, 0.1) is 34.0 Å². The number of carbonyl (C=O) groups is 2. The summed E-state index contributed by atoms with van der Waals surface area (Å²) in [5, 5.41) is 14.4. The number of nitrogens with one attached hydrogen (secondary N) is 1. The van der Waals surface area contributed by atoms with Crippen LogP contribution in [-0.2, 0) is 15.1 Å². The van der Waals surface area contributed by atoms with Crippen LogP contribution < -0.4 is 5.32 Å². The van der Waals surface area contributed by atoms with E-state index in [0.29, 0.717) is 29.8 Å². The van der Waals surface area contributed by atoms with Gasteiger partial charge in [0.1, 0.15) is 11.3 Å². The predicted molar refractivity (Wildman–Crippen MR) is 172 cm³/mol. The van der Waals surface area contributed by atoms with Crippen molar-refractivity contribution in [2.75, 3.05) is 18.9 Å². The summed E-state index contributed by atoms with van der Waals surface area (Å²) < 4.78 is 0.909. The maximum atomic E-state index is 15.7. The van der Waals surface area contributed by atoms with Gasteiger partial charge in [-0.05, 0) is 111 Å². The van der Waals surface area contributed by atoms with Crippen LogP contribution in [0.25, 0.3) is 0 Å². The number of nitrogens with zero attached hydrogens (tertiary/aromatic N) is 1. The number of hydrogen-bond donors (Lipinski definition) is 2. The van der Waals surface area contributed by atoms with Gasteiger partial charge < -0.3 is 10.4 Å². The fraction of sp³-hybridized carbons (Fsp3) is 0.556. The van der Waals surface area contributed by atoms with Crippen molar-refractivity contribution in [3.63, 3.8) is 0 Å². The SMILES string of the molecule is CN1C[C@@H](c2ccc(Cl)cc2)[C@@]2(C[C@H]3[C@@H]4CC=C5C[C@@H](O)CC[C@]5(C)[C@H]4CC[C@]3(C)C2=O)[C@@]12C(=O)Nc1ccc(Br)cc12. The molecule has 2 aromatic rings. The van der Waals surface area contributed by atoms with Gasteiger partial charge in [0.05, 0.1) is 11.5 Å². The molecule has 0 unspecified atom stereocenters. The number of amides is 1. The standard InChI is InChI=1S/C36H40BrClN2O3/c1-33-14-12-24(41)16-21(33)6-10-25-26(33)13-15-34(2)28(25)18-35(31(34)42)29(20-4-8-23(38)9-5-20)19-40(3)36(35)27-17-22(37)7-11-30(27)39-32(36)43/h4-9,11,17,24-26,28-29,41H,10,12-16,18-19H2,1-3H3,(H,39,43)/t24-,25+,26-,28-,29-,33-,34-,35+,36+/m0/s1. The van der Waals surface area contributed by atoms with E-state index in [1.54, 1.807) is 0 Å². The Labute approximate surface area is 267 Å². The average Bonchev–Trinajstić information content (AvgIpc) is 3.51. The second-order valence-electron chi connectivity index (χ2n) is 15.0. The van der Waals surface area contributed by atoms with Gasteiger partial charge in [0.2, 0.25) is 0 Å². The molecule has 1 amide bonds. The van der Waals surface area contributed by atoms with Crippen molar-refractivity contribution >= 4 is 44.9 Å². The molecule has 9 atom stereocenters. The van der Waals surface area contributed by atoms with E-state index >= 15 is 4.79 Å². The Balaban J connectivity index is 1.33. The summed E-state index contributed by atoms with van der Waals surface area (Å²) in [5.74, 6) is 1.10. The fourth-order valence-electron chi connectivity index (χ4n) is 11.5. The summed E-state index contributed by atoms with van der Waals surface area (Å²) in [5.41, 5.74) is 1.78. The molecule has 43 heavy (non-hydrogen) atoms. The lowest BCUT2D eigenvalue weighted by Crippen LogP contribution is -2.58. The largest absolute Gasteiger partial charge is 0.393 e. The minimum absolute atomic E-state index is 0.0736. The van der Waals surface area contributed by atoms with Gasteiger partial charge >= 0.3 is 0 Å². The maximum absolute atomic E-state index is 15.7. The van der Waals surface area contributed by atoms with Gasteiger partial charge in [-0.2, -0.15) is 0 Å². The van der Waals surface area contributed by atoms with Crippen molar-refractivity contribution in [3.8, 4) is 0 Å². The molecule has 2 spiro atoms. The molecular weight excluding hydrogens is 624 g/mol. The molecule has 0 bridgehead atoms. The van der Waals surface area contributed by atoms with Crippen LogP contribution in [0.4, 0.5) is 5.69 Å². The first-order valence-electron chi connectivity index (χ1n) is 16.0. The zero-order valence-corrected chi connectivity index (χ0v) is 27.5. The molecule has 5 nitrogen and oxygen atoms in total. The van der Waals surface area contributed by atoms with Gasteiger partial charge in [0.15, 0.2) is 0 Å². The van der Waals surface area contributed by atoms with Crippen molar-refractivity contribution in [1.82, 2.24) is 4.90 Å². The molecule has 8 rings (SSSR count). The number of rotatable bonds is 1. The Morgan fingerprint density at radius 1 is 1.02 bits per heavy atom. The van der Waals surface area contributed by atoms with Gasteiger partial charge in [-0.1, -0.05) is 65.2 Å². The normalized spacial score (nSPS) is 43.3. The summed E-state index contributed by atoms with van der Waals surface area (Å²) >= 11 is 10.1. The summed E-state index contributed by atoms with van der Waals surface area (Å²) in [4.78, 5) is 32.5. The number of aliphatic hydroxyl groups is 1. The third kappa shape index (κ3) is 3.42. The van der Waals surface area contributed by atoms with Crippen molar-refractivity contribution in [2.45, 2.75) is 76.4 Å². The Bertz CT molecular complexity index is 1590. The smallest absolute Gasteiger partial charge is 0.250 e. The third-order valence-corrected chi connectivity index (χ3v) is 14.2. The first-order valence-corrected chi connectivity index (χ1v) is 17.1. The number of allylic oxidation sites excluding steroid dienone is 1. The van der Waals surface area contributed by atoms with E-state index in [1.165, 1.54) is 5.57 Å². The number of halogens is 2. The molecule has 0 radical (unpaired) electrons. The van der Waals surface area contributed by atoms with Crippen molar-refractivity contribution in [1.29, 1.82) is 0 Å². The third-order valence-electron chi connectivity index (χ3n) is 13.4. The van der Waals surface area contributed by atoms with Gasteiger partial charge in [0.25, 0.3) is 5.91 Å². The molecule has 3 saturated carbocycles. The van der Waals surface area contributed by atoms with E-state index in [9.17, 15) is 9.90 Å². The Morgan fingerprint density at radius 3 is 2.53 bits per heavy atom. The number of ketones is 1. The number of benzene rings is 2. The van der Waals surface area contributed by atoms with Crippen molar-refractivity contribution < 1.29 is 14.7 Å². The van der Waals surface area contributed by atoms with E-state index < -0.39 is 16.4 Å². The highest BCUT2D eigenvalue weighted by Crippen LogP contribution is 2.75. The molecule has 2 aromatic carbocycles. The van der Waals surface area contributed by atoms with E-state index in [-0.39, 0.29) is 35.0 Å². The highest BCUT2D eigenvalue weighted by atomic mass is 79.9. The molecule has 2 aliphatic heterocycles. The lowest BCUT2D eigenvalue weighted by Gasteiger charge is -2.56.